The molecule has 6 rings (SSSR count). The minimum absolute atomic E-state index is 0.0302. The fourth-order valence-corrected chi connectivity index (χ4v) is 5.54. The molecule has 4 aliphatic heterocycles. The Morgan fingerprint density at radius 2 is 1.97 bits per heavy atom. The highest BCUT2D eigenvalue weighted by molar-refractivity contribution is 6.23. The predicted octanol–water partition coefficient (Wildman–Crippen LogP) is -0.423. The number of hydrogen-bond donors (Lipinski definition) is 4. The molecule has 4 heterocycles. The van der Waals surface area contributed by atoms with E-state index >= 15 is 0 Å². The van der Waals surface area contributed by atoms with Crippen LogP contribution in [0.4, 0.5) is 4.79 Å². The summed E-state index contributed by atoms with van der Waals surface area (Å²) in [5, 5.41) is 20.7. The summed E-state index contributed by atoms with van der Waals surface area (Å²) in [6.07, 6.45) is 0.141. The second-order valence-electron chi connectivity index (χ2n) is 8.45. The van der Waals surface area contributed by atoms with Crippen molar-refractivity contribution in [3.05, 3.63) is 58.9 Å². The number of aliphatic hydroxyl groups excluding tert-OH is 1. The van der Waals surface area contributed by atoms with Crippen molar-refractivity contribution in [1.82, 2.24) is 15.1 Å². The number of nitrogens with one attached hydrogen (secondary N) is 1. The van der Waals surface area contributed by atoms with Gasteiger partial charge in [-0.2, -0.15) is 0 Å². The van der Waals surface area contributed by atoms with Gasteiger partial charge in [-0.05, 0) is 5.56 Å². The van der Waals surface area contributed by atoms with E-state index < -0.39 is 17.7 Å². The number of carbonyl (C=O) groups excluding carboxylic acids is 2. The molecular formula is C22H24N4O6. The largest absolute Gasteiger partial charge is 0.465 e. The highest BCUT2D eigenvalue weighted by atomic mass is 16.5. The van der Waals surface area contributed by atoms with Gasteiger partial charge in [0, 0.05) is 37.9 Å². The van der Waals surface area contributed by atoms with Crippen LogP contribution in [0.15, 0.2) is 53.4 Å². The Labute approximate surface area is 183 Å². The first-order valence-electron chi connectivity index (χ1n) is 10.4. The molecule has 5 N–H and O–H groups in total. The minimum atomic E-state index is -1.33. The highest BCUT2D eigenvalue weighted by Crippen LogP contribution is 2.55. The zero-order valence-corrected chi connectivity index (χ0v) is 17.4. The van der Waals surface area contributed by atoms with Gasteiger partial charge in [0.15, 0.2) is 5.72 Å². The smallest absolute Gasteiger partial charge is 0.402 e. The van der Waals surface area contributed by atoms with Gasteiger partial charge in [-0.15, -0.1) is 0 Å². The van der Waals surface area contributed by atoms with E-state index in [2.05, 4.69) is 11.1 Å². The van der Waals surface area contributed by atoms with Crippen molar-refractivity contribution in [2.45, 2.75) is 23.9 Å². The van der Waals surface area contributed by atoms with Crippen LogP contribution in [0.3, 0.4) is 0 Å². The van der Waals surface area contributed by atoms with Gasteiger partial charge in [-0.3, -0.25) is 9.59 Å². The summed E-state index contributed by atoms with van der Waals surface area (Å²) in [5.74, 6) is -0.857. The summed E-state index contributed by atoms with van der Waals surface area (Å²) in [6, 6.07) is 10.4. The van der Waals surface area contributed by atoms with Gasteiger partial charge in [0.25, 0.3) is 0 Å². The molecule has 0 bridgehead atoms. The van der Waals surface area contributed by atoms with Crippen LogP contribution in [0.5, 0.6) is 0 Å². The molecule has 0 aromatic heterocycles. The van der Waals surface area contributed by atoms with E-state index in [1.54, 1.807) is 7.11 Å². The lowest BCUT2D eigenvalue weighted by atomic mass is 9.84. The Bertz CT molecular complexity index is 1070. The van der Waals surface area contributed by atoms with Gasteiger partial charge < -0.3 is 35.8 Å². The molecule has 0 radical (unpaired) electrons. The first kappa shape index (κ1) is 20.7. The number of fused-ring (bicyclic) bond motifs is 4. The lowest BCUT2D eigenvalue weighted by Crippen LogP contribution is -2.54. The second kappa shape index (κ2) is 7.16. The molecule has 1 aromatic rings. The lowest BCUT2D eigenvalue weighted by Gasteiger charge is -2.39. The van der Waals surface area contributed by atoms with Crippen LogP contribution < -0.4 is 11.1 Å². The van der Waals surface area contributed by atoms with E-state index in [4.69, 9.17) is 14.6 Å². The number of carboxylic acid groups (broad SMARTS) is 1. The number of primary amides is 1. The maximum Gasteiger partial charge on any atom is 0.402 e. The average Bonchev–Trinajstić information content (AvgIpc) is 3.67. The van der Waals surface area contributed by atoms with Crippen LogP contribution in [0.25, 0.3) is 0 Å². The fraction of sp³-hybridized carbons (Fsp3) is 0.409. The number of allylic oxidation sites excluding steroid dienone is 2. The van der Waals surface area contributed by atoms with E-state index in [9.17, 15) is 14.7 Å². The zero-order valence-electron chi connectivity index (χ0n) is 17.4. The van der Waals surface area contributed by atoms with Crippen molar-refractivity contribution in [2.75, 3.05) is 26.8 Å². The summed E-state index contributed by atoms with van der Waals surface area (Å²) < 4.78 is 5.89. The van der Waals surface area contributed by atoms with E-state index in [1.165, 1.54) is 6.08 Å². The molecule has 3 fully saturated rings. The number of amides is 1. The lowest BCUT2D eigenvalue weighted by molar-refractivity contribution is -0.136. The predicted molar refractivity (Wildman–Crippen MR) is 111 cm³/mol. The van der Waals surface area contributed by atoms with Crippen LogP contribution in [0, 0.1) is 5.92 Å². The molecule has 3 saturated heterocycles. The van der Waals surface area contributed by atoms with Crippen LogP contribution >= 0.6 is 0 Å². The summed E-state index contributed by atoms with van der Waals surface area (Å²) >= 11 is 0. The molecule has 10 heteroatoms. The number of ketones is 2. The molecule has 5 atom stereocenters. The van der Waals surface area contributed by atoms with Gasteiger partial charge in [0.2, 0.25) is 11.6 Å². The summed E-state index contributed by atoms with van der Waals surface area (Å²) in [6.45, 7) is 1.10. The van der Waals surface area contributed by atoms with Gasteiger partial charge in [0.1, 0.15) is 0 Å². The van der Waals surface area contributed by atoms with Crippen LogP contribution in [0.1, 0.15) is 11.6 Å². The van der Waals surface area contributed by atoms with Crippen molar-refractivity contribution < 1.29 is 29.3 Å². The van der Waals surface area contributed by atoms with Crippen LogP contribution in [0.2, 0.25) is 0 Å². The Morgan fingerprint density at radius 3 is 2.59 bits per heavy atom. The Hall–Kier alpha value is -3.21. The number of Topliss-reactive ketones (excluding diaryl/α,β-unsaturated/α-hetero) is 1. The average molecular weight is 440 g/mol. The van der Waals surface area contributed by atoms with Crippen molar-refractivity contribution in [3.8, 4) is 0 Å². The van der Waals surface area contributed by atoms with Crippen molar-refractivity contribution in [3.63, 3.8) is 0 Å². The van der Waals surface area contributed by atoms with Gasteiger partial charge in [-0.25, -0.2) is 4.79 Å². The third-order valence-electron chi connectivity index (χ3n) is 6.90. The quantitative estimate of drug-likeness (QED) is 0.361. The van der Waals surface area contributed by atoms with Gasteiger partial charge in [-0.1, -0.05) is 30.3 Å². The number of rotatable bonds is 4. The van der Waals surface area contributed by atoms with E-state index in [0.717, 1.165) is 5.56 Å². The fourth-order valence-electron chi connectivity index (χ4n) is 5.54. The van der Waals surface area contributed by atoms with Crippen molar-refractivity contribution >= 4 is 17.7 Å². The topological polar surface area (TPSA) is 155 Å². The molecule has 1 amide bonds. The van der Waals surface area contributed by atoms with E-state index in [1.807, 2.05) is 40.1 Å². The third kappa shape index (κ3) is 2.80. The number of carbonyl (C=O) groups is 3. The maximum absolute atomic E-state index is 13.5. The molecule has 5 unspecified atom stereocenters. The molecule has 168 valence electrons. The first-order valence-corrected chi connectivity index (χ1v) is 10.4. The third-order valence-corrected chi connectivity index (χ3v) is 6.90. The number of nitrogens with two attached hydrogens (primary N) is 1. The molecule has 1 aromatic carbocycles. The monoisotopic (exact) mass is 440 g/mol. The molecule has 0 spiro atoms. The Kier molecular flexibility index (Phi) is 4.63. The molecule has 5 aliphatic rings. The second-order valence-corrected chi connectivity index (χ2v) is 8.45. The molecule has 10 nitrogen and oxygen atoms in total. The van der Waals surface area contributed by atoms with Gasteiger partial charge in [0.05, 0.1) is 36.0 Å². The Morgan fingerprint density at radius 1 is 1.28 bits per heavy atom. The summed E-state index contributed by atoms with van der Waals surface area (Å²) in [7, 11) is 1.59. The number of piperazine rings is 1. The van der Waals surface area contributed by atoms with Crippen molar-refractivity contribution in [2.24, 2.45) is 11.7 Å². The van der Waals surface area contributed by atoms with Crippen LogP contribution in [-0.2, 0) is 14.3 Å². The Balaban J connectivity index is 0.000000501. The van der Waals surface area contributed by atoms with Gasteiger partial charge >= 0.3 is 6.09 Å². The number of aliphatic hydroxyl groups is 1. The number of nitrogens with zero attached hydrogens (tertiary/aromatic N) is 2. The number of methoxy groups -OCH3 is 1. The summed E-state index contributed by atoms with van der Waals surface area (Å²) in [4.78, 5) is 39.2. The molecule has 32 heavy (non-hydrogen) atoms. The first-order chi connectivity index (χ1) is 15.3. The molecule has 0 saturated carbocycles. The SMILES string of the molecule is COC12C(CO)C3=C(C(=O)C=C(N4CC4c4ccccc4)C3=O)N1CC1NC12.NC(=O)O. The van der Waals surface area contributed by atoms with E-state index in [0.29, 0.717) is 30.1 Å². The normalized spacial score (nSPS) is 33.8. The van der Waals surface area contributed by atoms with E-state index in [-0.39, 0.29) is 36.3 Å². The minimum Gasteiger partial charge on any atom is -0.465 e. The number of ether oxygens (including phenoxy) is 1. The number of hydrogen-bond acceptors (Lipinski definition) is 8. The zero-order chi connectivity index (χ0) is 22.8. The number of benzene rings is 1. The molecule has 1 aliphatic carbocycles. The standard InChI is InChI=1S/C21H21N3O4.CH3NO2/c1-28-21-12(10-25)17-18(24(21)8-13-20(21)22-13)16(26)7-14(19(17)27)23-9-15(23)11-5-3-2-4-6-11;2-1(3)4/h2-7,12-13,15,20,22,25H,8-10H2,1H3;2H2,(H,3,4). The molecular weight excluding hydrogens is 416 g/mol. The van der Waals surface area contributed by atoms with Crippen molar-refractivity contribution in [1.29, 1.82) is 0 Å². The maximum atomic E-state index is 13.5. The highest BCUT2D eigenvalue weighted by Gasteiger charge is 2.72. The van der Waals surface area contributed by atoms with Crippen LogP contribution in [-0.4, -0.2) is 82.3 Å². The summed E-state index contributed by atoms with van der Waals surface area (Å²) in [5.41, 5.74) is 5.58.